The Kier molecular flexibility index (Phi) is 6.37. The molecule has 1 aliphatic heterocycles. The lowest BCUT2D eigenvalue weighted by atomic mass is 10.00. The Bertz CT molecular complexity index is 425. The Morgan fingerprint density at radius 3 is 2.52 bits per heavy atom. The molecule has 0 bridgehead atoms. The van der Waals surface area contributed by atoms with Crippen molar-refractivity contribution in [3.05, 3.63) is 23.8 Å². The van der Waals surface area contributed by atoms with E-state index in [4.69, 9.17) is 9.47 Å². The first-order valence-electron chi connectivity index (χ1n) is 8.32. The molecule has 0 spiro atoms. The average molecular weight is 291 g/mol. The number of benzene rings is 1. The highest BCUT2D eigenvalue weighted by Gasteiger charge is 2.26. The minimum Gasteiger partial charge on any atom is -0.493 e. The van der Waals surface area contributed by atoms with Crippen molar-refractivity contribution in [2.45, 2.75) is 52.0 Å². The van der Waals surface area contributed by atoms with E-state index in [1.807, 2.05) is 6.07 Å². The summed E-state index contributed by atoms with van der Waals surface area (Å²) in [6.07, 6.45) is 6.11. The number of ether oxygens (including phenoxy) is 2. The SMILES string of the molecule is CCCCN(CCCC)[C@@H]1COc2c(cccc2OC)C1. The minimum atomic E-state index is 0.503. The molecule has 2 rings (SSSR count). The summed E-state index contributed by atoms with van der Waals surface area (Å²) in [4.78, 5) is 2.62. The molecule has 1 atom stereocenters. The monoisotopic (exact) mass is 291 g/mol. The lowest BCUT2D eigenvalue weighted by Crippen LogP contribution is -2.44. The molecule has 0 amide bonds. The van der Waals surface area contributed by atoms with Crippen molar-refractivity contribution >= 4 is 0 Å². The van der Waals surface area contributed by atoms with Gasteiger partial charge in [-0.3, -0.25) is 4.90 Å². The molecule has 0 saturated carbocycles. The number of rotatable bonds is 8. The minimum absolute atomic E-state index is 0.503. The molecule has 0 aliphatic carbocycles. The molecule has 0 radical (unpaired) electrons. The molecule has 0 aromatic heterocycles. The second-order valence-corrected chi connectivity index (χ2v) is 5.86. The van der Waals surface area contributed by atoms with Gasteiger partial charge in [-0.1, -0.05) is 38.8 Å². The first-order chi connectivity index (χ1) is 10.3. The fraction of sp³-hybridized carbons (Fsp3) is 0.667. The van der Waals surface area contributed by atoms with E-state index in [1.165, 1.54) is 44.3 Å². The number of methoxy groups -OCH3 is 1. The third-order valence-electron chi connectivity index (χ3n) is 4.27. The van der Waals surface area contributed by atoms with Crippen molar-refractivity contribution < 1.29 is 9.47 Å². The molecule has 0 unspecified atom stereocenters. The van der Waals surface area contributed by atoms with E-state index >= 15 is 0 Å². The van der Waals surface area contributed by atoms with E-state index < -0.39 is 0 Å². The summed E-state index contributed by atoms with van der Waals surface area (Å²) >= 11 is 0. The summed E-state index contributed by atoms with van der Waals surface area (Å²) < 4.78 is 11.4. The fourth-order valence-corrected chi connectivity index (χ4v) is 2.97. The smallest absolute Gasteiger partial charge is 0.164 e. The number of para-hydroxylation sites is 1. The molecule has 1 aromatic rings. The third-order valence-corrected chi connectivity index (χ3v) is 4.27. The van der Waals surface area contributed by atoms with Crippen LogP contribution in [0.25, 0.3) is 0 Å². The van der Waals surface area contributed by atoms with Crippen LogP contribution in [-0.2, 0) is 6.42 Å². The zero-order chi connectivity index (χ0) is 15.1. The molecular weight excluding hydrogens is 262 g/mol. The van der Waals surface area contributed by atoms with Crippen molar-refractivity contribution in [1.29, 1.82) is 0 Å². The van der Waals surface area contributed by atoms with Crippen molar-refractivity contribution in [2.24, 2.45) is 0 Å². The second kappa shape index (κ2) is 8.28. The lowest BCUT2D eigenvalue weighted by molar-refractivity contribution is 0.113. The zero-order valence-corrected chi connectivity index (χ0v) is 13.7. The van der Waals surface area contributed by atoms with E-state index in [0.29, 0.717) is 6.04 Å². The second-order valence-electron chi connectivity index (χ2n) is 5.86. The molecule has 3 heteroatoms. The van der Waals surface area contributed by atoms with Crippen LogP contribution in [0.1, 0.15) is 45.1 Å². The van der Waals surface area contributed by atoms with Gasteiger partial charge in [0.1, 0.15) is 6.61 Å². The van der Waals surface area contributed by atoms with Crippen LogP contribution in [0.3, 0.4) is 0 Å². The molecule has 118 valence electrons. The van der Waals surface area contributed by atoms with Crippen molar-refractivity contribution in [1.82, 2.24) is 4.90 Å². The maximum Gasteiger partial charge on any atom is 0.164 e. The number of unbranched alkanes of at least 4 members (excludes halogenated alkanes) is 2. The first-order valence-corrected chi connectivity index (χ1v) is 8.32. The summed E-state index contributed by atoms with van der Waals surface area (Å²) in [5.74, 6) is 1.81. The Labute approximate surface area is 129 Å². The van der Waals surface area contributed by atoms with Crippen LogP contribution in [-0.4, -0.2) is 37.7 Å². The van der Waals surface area contributed by atoms with Crippen molar-refractivity contribution in [3.63, 3.8) is 0 Å². The summed E-state index contributed by atoms with van der Waals surface area (Å²) in [5.41, 5.74) is 1.28. The van der Waals surface area contributed by atoms with Gasteiger partial charge in [0, 0.05) is 6.04 Å². The summed E-state index contributed by atoms with van der Waals surface area (Å²) in [6.45, 7) is 7.67. The van der Waals surface area contributed by atoms with Crippen LogP contribution >= 0.6 is 0 Å². The first kappa shape index (κ1) is 16.2. The van der Waals surface area contributed by atoms with Crippen molar-refractivity contribution in [2.75, 3.05) is 26.8 Å². The third kappa shape index (κ3) is 4.13. The maximum absolute atomic E-state index is 6.03. The Balaban J connectivity index is 2.06. The van der Waals surface area contributed by atoms with Gasteiger partial charge in [0.25, 0.3) is 0 Å². The number of fused-ring (bicyclic) bond motifs is 1. The summed E-state index contributed by atoms with van der Waals surface area (Å²) in [6, 6.07) is 6.71. The van der Waals surface area contributed by atoms with Crippen LogP contribution in [0.15, 0.2) is 18.2 Å². The predicted molar refractivity (Wildman–Crippen MR) is 87.4 cm³/mol. The topological polar surface area (TPSA) is 21.7 Å². The molecule has 1 aliphatic rings. The highest BCUT2D eigenvalue weighted by molar-refractivity contribution is 5.48. The molecule has 0 saturated heterocycles. The van der Waals surface area contributed by atoms with Crippen LogP contribution < -0.4 is 9.47 Å². The van der Waals surface area contributed by atoms with Crippen molar-refractivity contribution in [3.8, 4) is 11.5 Å². The van der Waals surface area contributed by atoms with Gasteiger partial charge in [-0.2, -0.15) is 0 Å². The van der Waals surface area contributed by atoms with Gasteiger partial charge < -0.3 is 9.47 Å². The largest absolute Gasteiger partial charge is 0.493 e. The number of hydrogen-bond acceptors (Lipinski definition) is 3. The predicted octanol–water partition coefficient (Wildman–Crippen LogP) is 3.90. The van der Waals surface area contributed by atoms with Crippen LogP contribution in [0.2, 0.25) is 0 Å². The van der Waals surface area contributed by atoms with Crippen LogP contribution in [0.4, 0.5) is 0 Å². The summed E-state index contributed by atoms with van der Waals surface area (Å²) in [5, 5.41) is 0. The standard InChI is InChI=1S/C18H29NO2/c1-4-6-11-19(12-7-5-2)16-13-15-9-8-10-17(20-3)18(15)21-14-16/h8-10,16H,4-7,11-14H2,1-3H3/t16-/m0/s1. The molecule has 1 aromatic carbocycles. The van der Waals surface area contributed by atoms with Gasteiger partial charge in [0.2, 0.25) is 0 Å². The van der Waals surface area contributed by atoms with E-state index in [2.05, 4.69) is 30.9 Å². The molecule has 1 heterocycles. The van der Waals surface area contributed by atoms with E-state index in [-0.39, 0.29) is 0 Å². The molecule has 3 nitrogen and oxygen atoms in total. The van der Waals surface area contributed by atoms with E-state index in [0.717, 1.165) is 24.5 Å². The number of hydrogen-bond donors (Lipinski definition) is 0. The van der Waals surface area contributed by atoms with Gasteiger partial charge in [0.05, 0.1) is 7.11 Å². The zero-order valence-electron chi connectivity index (χ0n) is 13.7. The quantitative estimate of drug-likeness (QED) is 0.725. The van der Waals surface area contributed by atoms with E-state index in [1.54, 1.807) is 7.11 Å². The number of nitrogens with zero attached hydrogens (tertiary/aromatic N) is 1. The van der Waals surface area contributed by atoms with Gasteiger partial charge in [-0.05, 0) is 44.0 Å². The fourth-order valence-electron chi connectivity index (χ4n) is 2.97. The molecular formula is C18H29NO2. The Morgan fingerprint density at radius 2 is 1.90 bits per heavy atom. The lowest BCUT2D eigenvalue weighted by Gasteiger charge is -2.35. The highest BCUT2D eigenvalue weighted by atomic mass is 16.5. The Morgan fingerprint density at radius 1 is 1.19 bits per heavy atom. The normalized spacial score (nSPS) is 17.4. The molecule has 21 heavy (non-hydrogen) atoms. The van der Waals surface area contributed by atoms with Gasteiger partial charge in [-0.15, -0.1) is 0 Å². The van der Waals surface area contributed by atoms with Crippen LogP contribution in [0.5, 0.6) is 11.5 Å². The highest BCUT2D eigenvalue weighted by Crippen LogP contribution is 2.35. The molecule has 0 N–H and O–H groups in total. The average Bonchev–Trinajstić information content (AvgIpc) is 2.54. The van der Waals surface area contributed by atoms with Gasteiger partial charge in [-0.25, -0.2) is 0 Å². The summed E-state index contributed by atoms with van der Waals surface area (Å²) in [7, 11) is 1.71. The maximum atomic E-state index is 6.03. The van der Waals surface area contributed by atoms with Gasteiger partial charge in [0.15, 0.2) is 11.5 Å². The van der Waals surface area contributed by atoms with Crippen LogP contribution in [0, 0.1) is 0 Å². The van der Waals surface area contributed by atoms with E-state index in [9.17, 15) is 0 Å². The Hall–Kier alpha value is -1.22. The molecule has 0 fully saturated rings. The van der Waals surface area contributed by atoms with Gasteiger partial charge >= 0.3 is 0 Å².